The molecule has 0 saturated carbocycles. The molecule has 1 aromatic heterocycles. The number of aromatic nitrogens is 1. The molecule has 0 aliphatic heterocycles. The van der Waals surface area contributed by atoms with Gasteiger partial charge in [-0.15, -0.1) is 35.3 Å². The van der Waals surface area contributed by atoms with Gasteiger partial charge >= 0.3 is 0 Å². The second kappa shape index (κ2) is 13.8. The molecule has 24 heavy (non-hydrogen) atoms. The Balaban J connectivity index is 0.00000529. The Bertz CT molecular complexity index is 465. The van der Waals surface area contributed by atoms with Crippen LogP contribution in [-0.2, 0) is 13.0 Å². The second-order valence-electron chi connectivity index (χ2n) is 6.17. The van der Waals surface area contributed by atoms with Gasteiger partial charge in [0.2, 0.25) is 0 Å². The largest absolute Gasteiger partial charge is 0.396 e. The molecule has 1 rings (SSSR count). The number of aliphatic hydroxyl groups excluding tert-OH is 1. The van der Waals surface area contributed by atoms with Gasteiger partial charge in [-0.1, -0.05) is 20.8 Å². The third-order valence-corrected chi connectivity index (χ3v) is 4.59. The molecular formula is C17H33IN4OS. The molecule has 0 radical (unpaired) electrons. The van der Waals surface area contributed by atoms with Crippen LogP contribution in [0.3, 0.4) is 0 Å². The van der Waals surface area contributed by atoms with Gasteiger partial charge in [0.1, 0.15) is 0 Å². The first-order valence-corrected chi connectivity index (χ1v) is 9.53. The molecule has 0 bridgehead atoms. The number of nitrogens with one attached hydrogen (secondary N) is 2. The molecule has 1 unspecified atom stereocenters. The number of rotatable bonds is 10. The summed E-state index contributed by atoms with van der Waals surface area (Å²) in [4.78, 5) is 9.17. The van der Waals surface area contributed by atoms with Gasteiger partial charge in [-0.05, 0) is 38.0 Å². The van der Waals surface area contributed by atoms with Crippen molar-refractivity contribution < 1.29 is 5.11 Å². The van der Waals surface area contributed by atoms with Crippen LogP contribution in [0.4, 0.5) is 0 Å². The lowest BCUT2D eigenvalue weighted by Gasteiger charge is -2.20. The van der Waals surface area contributed by atoms with E-state index in [0.717, 1.165) is 49.0 Å². The highest BCUT2D eigenvalue weighted by molar-refractivity contribution is 14.0. The van der Waals surface area contributed by atoms with E-state index in [1.165, 1.54) is 0 Å². The molecule has 0 spiro atoms. The molecule has 7 heteroatoms. The third-order valence-electron chi connectivity index (χ3n) is 3.55. The fourth-order valence-corrected chi connectivity index (χ4v) is 3.22. The summed E-state index contributed by atoms with van der Waals surface area (Å²) in [5, 5.41) is 19.1. The molecule has 140 valence electrons. The number of guanidine groups is 1. The van der Waals surface area contributed by atoms with Crippen molar-refractivity contribution in [3.63, 3.8) is 0 Å². The standard InChI is InChI=1S/C17H32N4OS.HI/c1-5-16-21-15(12-23-16)11-20-17(18-6-2)19-10-14(7-8-22)9-13(3)4;/h12-14,22H,5-11H2,1-4H3,(H2,18,19,20);1H. The number of aryl methyl sites for hydroxylation is 1. The van der Waals surface area contributed by atoms with Gasteiger partial charge in [-0.2, -0.15) is 0 Å². The molecule has 0 aliphatic rings. The molecular weight excluding hydrogens is 435 g/mol. The Morgan fingerprint density at radius 2 is 2.08 bits per heavy atom. The van der Waals surface area contributed by atoms with Crippen LogP contribution in [-0.4, -0.2) is 35.7 Å². The van der Waals surface area contributed by atoms with Crippen molar-refractivity contribution in [2.24, 2.45) is 16.8 Å². The van der Waals surface area contributed by atoms with Crippen LogP contribution < -0.4 is 10.6 Å². The fraction of sp³-hybridized carbons (Fsp3) is 0.765. The van der Waals surface area contributed by atoms with Crippen molar-refractivity contribution in [1.82, 2.24) is 15.6 Å². The van der Waals surface area contributed by atoms with Gasteiger partial charge in [-0.25, -0.2) is 9.98 Å². The van der Waals surface area contributed by atoms with E-state index in [1.54, 1.807) is 11.3 Å². The smallest absolute Gasteiger partial charge is 0.191 e. The van der Waals surface area contributed by atoms with Crippen molar-refractivity contribution in [3.8, 4) is 0 Å². The summed E-state index contributed by atoms with van der Waals surface area (Å²) in [6.07, 6.45) is 2.92. The Morgan fingerprint density at radius 3 is 2.62 bits per heavy atom. The van der Waals surface area contributed by atoms with E-state index in [-0.39, 0.29) is 30.6 Å². The first-order valence-electron chi connectivity index (χ1n) is 8.65. The van der Waals surface area contributed by atoms with Crippen molar-refractivity contribution >= 4 is 41.3 Å². The Morgan fingerprint density at radius 1 is 1.33 bits per heavy atom. The van der Waals surface area contributed by atoms with Crippen molar-refractivity contribution in [3.05, 3.63) is 16.1 Å². The van der Waals surface area contributed by atoms with Gasteiger partial charge in [0, 0.05) is 25.1 Å². The van der Waals surface area contributed by atoms with Crippen LogP contribution in [0.1, 0.15) is 51.2 Å². The maximum absolute atomic E-state index is 9.22. The third kappa shape index (κ3) is 9.78. The summed E-state index contributed by atoms with van der Waals surface area (Å²) >= 11 is 1.70. The normalized spacial score (nSPS) is 12.8. The lowest BCUT2D eigenvalue weighted by Crippen LogP contribution is -2.40. The molecule has 5 nitrogen and oxygen atoms in total. The number of nitrogens with zero attached hydrogens (tertiary/aromatic N) is 2. The minimum atomic E-state index is 0. The molecule has 1 aromatic rings. The van der Waals surface area contributed by atoms with Gasteiger partial charge < -0.3 is 15.7 Å². The van der Waals surface area contributed by atoms with Crippen LogP contribution in [0.2, 0.25) is 0 Å². The van der Waals surface area contributed by atoms with Gasteiger partial charge in [0.05, 0.1) is 17.2 Å². The van der Waals surface area contributed by atoms with Gasteiger partial charge in [-0.3, -0.25) is 0 Å². The topological polar surface area (TPSA) is 69.5 Å². The lowest BCUT2D eigenvalue weighted by atomic mass is 9.94. The Labute approximate surface area is 167 Å². The molecule has 0 aliphatic carbocycles. The average molecular weight is 468 g/mol. The first kappa shape index (κ1) is 23.6. The van der Waals surface area contributed by atoms with Crippen LogP contribution >= 0.6 is 35.3 Å². The van der Waals surface area contributed by atoms with E-state index in [1.807, 2.05) is 0 Å². The van der Waals surface area contributed by atoms with Gasteiger partial charge in [0.25, 0.3) is 0 Å². The maximum atomic E-state index is 9.22. The Kier molecular flexibility index (Phi) is 13.6. The molecule has 0 fully saturated rings. The Hall–Kier alpha value is -0.410. The summed E-state index contributed by atoms with van der Waals surface area (Å²) < 4.78 is 0. The van der Waals surface area contributed by atoms with Crippen molar-refractivity contribution in [2.45, 2.75) is 53.5 Å². The predicted molar refractivity (Wildman–Crippen MR) is 114 cm³/mol. The second-order valence-corrected chi connectivity index (χ2v) is 7.11. The minimum Gasteiger partial charge on any atom is -0.396 e. The van der Waals surface area contributed by atoms with Crippen molar-refractivity contribution in [1.29, 1.82) is 0 Å². The van der Waals surface area contributed by atoms with E-state index in [9.17, 15) is 5.11 Å². The summed E-state index contributed by atoms with van der Waals surface area (Å²) in [6.45, 7) is 11.1. The predicted octanol–water partition coefficient (Wildman–Crippen LogP) is 3.42. The van der Waals surface area contributed by atoms with E-state index in [4.69, 9.17) is 0 Å². The average Bonchev–Trinajstić information content (AvgIpc) is 2.97. The molecule has 1 heterocycles. The van der Waals surface area contributed by atoms with Crippen LogP contribution in [0.25, 0.3) is 0 Å². The highest BCUT2D eigenvalue weighted by Crippen LogP contribution is 2.14. The summed E-state index contributed by atoms with van der Waals surface area (Å²) in [6, 6.07) is 0. The number of aliphatic hydroxyl groups is 1. The number of thiazole rings is 1. The summed E-state index contributed by atoms with van der Waals surface area (Å²) in [7, 11) is 0. The van der Waals surface area contributed by atoms with Crippen LogP contribution in [0.5, 0.6) is 0 Å². The first-order chi connectivity index (χ1) is 11.1. The lowest BCUT2D eigenvalue weighted by molar-refractivity contribution is 0.243. The fourth-order valence-electron chi connectivity index (χ4n) is 2.48. The zero-order valence-corrected chi connectivity index (χ0v) is 18.5. The number of halogens is 1. The van der Waals surface area contributed by atoms with Gasteiger partial charge in [0.15, 0.2) is 5.96 Å². The monoisotopic (exact) mass is 468 g/mol. The van der Waals surface area contributed by atoms with E-state index in [2.05, 4.69) is 53.7 Å². The quantitative estimate of drug-likeness (QED) is 0.280. The summed E-state index contributed by atoms with van der Waals surface area (Å²) in [5.41, 5.74) is 1.03. The zero-order chi connectivity index (χ0) is 17.1. The number of hydrogen-bond acceptors (Lipinski definition) is 4. The maximum Gasteiger partial charge on any atom is 0.191 e. The molecule has 0 amide bonds. The SMILES string of the molecule is CCNC(=NCc1csc(CC)n1)NCC(CCO)CC(C)C.I. The zero-order valence-electron chi connectivity index (χ0n) is 15.3. The molecule has 0 aromatic carbocycles. The molecule has 0 saturated heterocycles. The van der Waals surface area contributed by atoms with Crippen LogP contribution in [0, 0.1) is 11.8 Å². The van der Waals surface area contributed by atoms with Crippen LogP contribution in [0.15, 0.2) is 10.4 Å². The number of hydrogen-bond donors (Lipinski definition) is 3. The highest BCUT2D eigenvalue weighted by Gasteiger charge is 2.11. The number of aliphatic imine (C=N–C) groups is 1. The minimum absolute atomic E-state index is 0. The van der Waals surface area contributed by atoms with Crippen molar-refractivity contribution in [2.75, 3.05) is 19.7 Å². The summed E-state index contributed by atoms with van der Waals surface area (Å²) in [5.74, 6) is 1.93. The van der Waals surface area contributed by atoms with E-state index < -0.39 is 0 Å². The molecule has 1 atom stereocenters. The highest BCUT2D eigenvalue weighted by atomic mass is 127. The molecule has 3 N–H and O–H groups in total. The van der Waals surface area contributed by atoms with E-state index >= 15 is 0 Å². The van der Waals surface area contributed by atoms with E-state index in [0.29, 0.717) is 18.4 Å².